The van der Waals surface area contributed by atoms with Gasteiger partial charge in [-0.05, 0) is 35.9 Å². The Morgan fingerprint density at radius 1 is 1.00 bits per heavy atom. The highest BCUT2D eigenvalue weighted by atomic mass is 32.2. The molecule has 6 nitrogen and oxygen atoms in total. The van der Waals surface area contributed by atoms with Crippen LogP contribution in [0.4, 0.5) is 10.1 Å². The van der Waals surface area contributed by atoms with Crippen LogP contribution in [0.15, 0.2) is 78.9 Å². The van der Waals surface area contributed by atoms with E-state index in [0.717, 1.165) is 10.6 Å². The van der Waals surface area contributed by atoms with Gasteiger partial charge in [0.1, 0.15) is 18.1 Å². The Balaban J connectivity index is 1.60. The lowest BCUT2D eigenvalue weighted by Gasteiger charge is -2.24. The summed E-state index contributed by atoms with van der Waals surface area (Å²) in [6, 6.07) is 22.2. The Bertz CT molecular complexity index is 1170. The monoisotopic (exact) mass is 488 g/mol. The first-order valence-corrected chi connectivity index (χ1v) is 13.2. The van der Waals surface area contributed by atoms with Crippen molar-refractivity contribution in [3.8, 4) is 11.5 Å². The number of anilines is 1. The lowest BCUT2D eigenvalue weighted by Crippen LogP contribution is -2.41. The number of benzene rings is 3. The predicted molar refractivity (Wildman–Crippen MR) is 131 cm³/mol. The molecule has 0 unspecified atom stereocenters. The summed E-state index contributed by atoms with van der Waals surface area (Å²) in [6.07, 6.45) is 1.05. The summed E-state index contributed by atoms with van der Waals surface area (Å²) in [5.41, 5.74) is 0.875. The van der Waals surface area contributed by atoms with Gasteiger partial charge in [0, 0.05) is 18.1 Å². The number of ether oxygens (including phenoxy) is 1. The first-order valence-electron chi connectivity index (χ1n) is 10.2. The van der Waals surface area contributed by atoms with Crippen molar-refractivity contribution in [3.05, 3.63) is 90.2 Å². The zero-order valence-corrected chi connectivity index (χ0v) is 19.7. The fraction of sp³-hybridized carbons (Fsp3) is 0.208. The third-order valence-corrected chi connectivity index (χ3v) is 6.71. The maximum absolute atomic E-state index is 13.7. The summed E-state index contributed by atoms with van der Waals surface area (Å²) in [7, 11) is -3.76. The second-order valence-electron chi connectivity index (χ2n) is 7.15. The highest BCUT2D eigenvalue weighted by Crippen LogP contribution is 2.33. The molecule has 3 aromatic carbocycles. The SMILES string of the molecule is CS(=O)(=O)N(CC(=O)NCCSCc1ccccc1F)c1ccccc1Oc1ccccc1. The standard InChI is InChI=1S/C24H25FN2O4S2/c1-33(29,30)27(22-13-7-8-14-23(22)31-20-10-3-2-4-11-20)17-24(28)26-15-16-32-18-19-9-5-6-12-21(19)25/h2-14H,15-18H2,1H3,(H,26,28). The summed E-state index contributed by atoms with van der Waals surface area (Å²) in [6.45, 7) is -0.0519. The molecule has 0 aliphatic carbocycles. The Morgan fingerprint density at radius 3 is 2.39 bits per heavy atom. The van der Waals surface area contributed by atoms with Crippen molar-refractivity contribution >= 4 is 33.4 Å². The number of rotatable bonds is 11. The summed E-state index contributed by atoms with van der Waals surface area (Å²) in [5.74, 6) is 1.22. The van der Waals surface area contributed by atoms with Gasteiger partial charge in [-0.3, -0.25) is 9.10 Å². The average molecular weight is 489 g/mol. The van der Waals surface area contributed by atoms with Gasteiger partial charge >= 0.3 is 0 Å². The van der Waals surface area contributed by atoms with Crippen molar-refractivity contribution in [2.45, 2.75) is 5.75 Å². The molecule has 0 saturated heterocycles. The van der Waals surface area contributed by atoms with Crippen molar-refractivity contribution < 1.29 is 22.3 Å². The Morgan fingerprint density at radius 2 is 1.67 bits per heavy atom. The minimum absolute atomic E-state index is 0.255. The molecule has 0 radical (unpaired) electrons. The minimum atomic E-state index is -3.76. The second-order valence-corrected chi connectivity index (χ2v) is 10.2. The lowest BCUT2D eigenvalue weighted by molar-refractivity contribution is -0.119. The largest absolute Gasteiger partial charge is 0.455 e. The number of carbonyl (C=O) groups excluding carboxylic acids is 1. The topological polar surface area (TPSA) is 75.7 Å². The molecule has 1 N–H and O–H groups in total. The Labute approximate surface area is 197 Å². The summed E-state index contributed by atoms with van der Waals surface area (Å²) >= 11 is 1.48. The number of hydrogen-bond donors (Lipinski definition) is 1. The van der Waals surface area contributed by atoms with Gasteiger partial charge < -0.3 is 10.1 Å². The predicted octanol–water partition coefficient (Wildman–Crippen LogP) is 4.43. The van der Waals surface area contributed by atoms with E-state index in [4.69, 9.17) is 4.74 Å². The molecule has 1 amide bonds. The van der Waals surface area contributed by atoms with Crippen molar-refractivity contribution in [3.63, 3.8) is 0 Å². The van der Waals surface area contributed by atoms with Crippen LogP contribution in [0.25, 0.3) is 0 Å². The van der Waals surface area contributed by atoms with Crippen molar-refractivity contribution in [2.24, 2.45) is 0 Å². The van der Waals surface area contributed by atoms with Gasteiger partial charge in [0.05, 0.1) is 11.9 Å². The number of para-hydroxylation sites is 3. The van der Waals surface area contributed by atoms with Gasteiger partial charge in [0.25, 0.3) is 0 Å². The van der Waals surface area contributed by atoms with Crippen LogP contribution in [0, 0.1) is 5.82 Å². The molecule has 3 aromatic rings. The molecule has 0 aromatic heterocycles. The molecule has 174 valence electrons. The number of halogens is 1. The van der Waals surface area contributed by atoms with E-state index in [1.54, 1.807) is 54.6 Å². The molecule has 3 rings (SSSR count). The molecule has 0 saturated carbocycles. The number of sulfonamides is 1. The molecule has 9 heteroatoms. The fourth-order valence-corrected chi connectivity index (χ4v) is 4.70. The van der Waals surface area contributed by atoms with E-state index in [2.05, 4.69) is 5.32 Å². The van der Waals surface area contributed by atoms with Crippen LogP contribution in [-0.4, -0.2) is 39.4 Å². The van der Waals surface area contributed by atoms with Crippen molar-refractivity contribution in [1.82, 2.24) is 5.32 Å². The summed E-state index contributed by atoms with van der Waals surface area (Å²) in [5, 5.41) is 2.72. The molecule has 0 spiro atoms. The maximum Gasteiger partial charge on any atom is 0.240 e. The number of nitrogens with zero attached hydrogens (tertiary/aromatic N) is 1. The van der Waals surface area contributed by atoms with Crippen molar-refractivity contribution in [2.75, 3.05) is 29.4 Å². The first kappa shape index (κ1) is 24.6. The smallest absolute Gasteiger partial charge is 0.240 e. The van der Waals surface area contributed by atoms with E-state index < -0.39 is 15.9 Å². The van der Waals surface area contributed by atoms with Gasteiger partial charge in [-0.25, -0.2) is 12.8 Å². The molecule has 0 fully saturated rings. The molecule has 0 atom stereocenters. The fourth-order valence-electron chi connectivity index (χ4n) is 2.99. The maximum atomic E-state index is 13.7. The minimum Gasteiger partial charge on any atom is -0.455 e. The number of thioether (sulfide) groups is 1. The van der Waals surface area contributed by atoms with Gasteiger partial charge in [-0.2, -0.15) is 11.8 Å². The van der Waals surface area contributed by atoms with Crippen LogP contribution in [0.1, 0.15) is 5.56 Å². The third-order valence-electron chi connectivity index (χ3n) is 4.58. The Hall–Kier alpha value is -3.04. The summed E-state index contributed by atoms with van der Waals surface area (Å²) < 4.78 is 45.5. The molecular formula is C24H25FN2O4S2. The van der Waals surface area contributed by atoms with Crippen LogP contribution in [0.2, 0.25) is 0 Å². The van der Waals surface area contributed by atoms with Crippen molar-refractivity contribution in [1.29, 1.82) is 0 Å². The highest BCUT2D eigenvalue weighted by molar-refractivity contribution is 7.98. The average Bonchev–Trinajstić information content (AvgIpc) is 2.79. The number of nitrogens with one attached hydrogen (secondary N) is 1. The van der Waals surface area contributed by atoms with Gasteiger partial charge in [-0.15, -0.1) is 0 Å². The van der Waals surface area contributed by atoms with Crippen LogP contribution >= 0.6 is 11.8 Å². The first-order chi connectivity index (χ1) is 15.8. The van der Waals surface area contributed by atoms with Crippen LogP contribution in [0.5, 0.6) is 11.5 Å². The zero-order valence-electron chi connectivity index (χ0n) is 18.1. The Kier molecular flexibility index (Phi) is 8.73. The van der Waals surface area contributed by atoms with Gasteiger partial charge in [-0.1, -0.05) is 48.5 Å². The van der Waals surface area contributed by atoms with E-state index in [0.29, 0.717) is 35.1 Å². The van der Waals surface area contributed by atoms with E-state index >= 15 is 0 Å². The summed E-state index contributed by atoms with van der Waals surface area (Å²) in [4.78, 5) is 12.5. The molecule has 0 heterocycles. The van der Waals surface area contributed by atoms with Crippen LogP contribution < -0.4 is 14.4 Å². The molecular weight excluding hydrogens is 463 g/mol. The normalized spacial score (nSPS) is 11.1. The quantitative estimate of drug-likeness (QED) is 0.404. The number of hydrogen-bond acceptors (Lipinski definition) is 5. The number of amides is 1. The van der Waals surface area contributed by atoms with E-state index in [-0.39, 0.29) is 18.0 Å². The number of carbonyl (C=O) groups is 1. The van der Waals surface area contributed by atoms with Gasteiger partial charge in [0.15, 0.2) is 5.75 Å². The van der Waals surface area contributed by atoms with Crippen LogP contribution in [-0.2, 0) is 20.6 Å². The van der Waals surface area contributed by atoms with E-state index in [1.807, 2.05) is 18.2 Å². The molecule has 0 bridgehead atoms. The highest BCUT2D eigenvalue weighted by Gasteiger charge is 2.24. The second kappa shape index (κ2) is 11.7. The van der Waals surface area contributed by atoms with E-state index in [1.165, 1.54) is 17.8 Å². The third kappa shape index (κ3) is 7.50. The zero-order chi connectivity index (χ0) is 23.7. The van der Waals surface area contributed by atoms with Crippen LogP contribution in [0.3, 0.4) is 0 Å². The lowest BCUT2D eigenvalue weighted by atomic mass is 10.2. The molecule has 33 heavy (non-hydrogen) atoms. The van der Waals surface area contributed by atoms with E-state index in [9.17, 15) is 17.6 Å². The molecule has 0 aliphatic rings. The van der Waals surface area contributed by atoms with Gasteiger partial charge in [0.2, 0.25) is 15.9 Å². The molecule has 0 aliphatic heterocycles.